The molecule has 2 aromatic heterocycles. The summed E-state index contributed by atoms with van der Waals surface area (Å²) in [7, 11) is 1.42. The number of rotatable bonds is 9. The largest absolute Gasteiger partial charge is 0.492 e. The number of carboxylic acids is 1. The molecule has 2 aromatic carbocycles. The number of primary amides is 1. The van der Waals surface area contributed by atoms with E-state index in [1.54, 1.807) is 15.4 Å². The number of anilines is 1. The molecule has 2 amide bonds. The van der Waals surface area contributed by atoms with Crippen LogP contribution in [0, 0.1) is 11.6 Å². The van der Waals surface area contributed by atoms with Crippen molar-refractivity contribution in [2.75, 3.05) is 31.6 Å². The lowest BCUT2D eigenvalue weighted by molar-refractivity contribution is -0.114. The van der Waals surface area contributed by atoms with Crippen LogP contribution in [0.15, 0.2) is 46.4 Å². The summed E-state index contributed by atoms with van der Waals surface area (Å²) >= 11 is 0. The lowest BCUT2D eigenvalue weighted by Gasteiger charge is -2.41. The van der Waals surface area contributed by atoms with E-state index < -0.39 is 46.3 Å². The molecule has 0 spiro atoms. The molecule has 0 bridgehead atoms. The zero-order valence-corrected chi connectivity index (χ0v) is 27.3. The summed E-state index contributed by atoms with van der Waals surface area (Å²) < 4.78 is 38.9. The molecule has 3 N–H and O–H groups in total. The number of carbonyl (C=O) groups is 3. The summed E-state index contributed by atoms with van der Waals surface area (Å²) in [6.07, 6.45) is 5.07. The molecule has 7 rings (SSSR count). The zero-order chi connectivity index (χ0) is 35.4. The number of hydrogen-bond donors (Lipinski definition) is 2. The molecule has 260 valence electrons. The fourth-order valence-electron chi connectivity index (χ4n) is 7.14. The highest BCUT2D eigenvalue weighted by atomic mass is 19.1. The van der Waals surface area contributed by atoms with Crippen molar-refractivity contribution in [2.45, 2.75) is 57.3 Å². The summed E-state index contributed by atoms with van der Waals surface area (Å²) in [5.41, 5.74) is 6.03. The van der Waals surface area contributed by atoms with Gasteiger partial charge < -0.3 is 25.0 Å². The highest BCUT2D eigenvalue weighted by Crippen LogP contribution is 2.44. The number of piperazine rings is 1. The monoisotopic (exact) mass is 688 g/mol. The number of benzene rings is 2. The van der Waals surface area contributed by atoms with Crippen molar-refractivity contribution in [3.8, 4) is 5.75 Å². The van der Waals surface area contributed by atoms with Gasteiger partial charge in [-0.2, -0.15) is 4.99 Å². The summed E-state index contributed by atoms with van der Waals surface area (Å²) in [5, 5.41) is 18.1. The summed E-state index contributed by atoms with van der Waals surface area (Å²) in [6, 6.07) is 4.00. The maximum Gasteiger partial charge on any atom is 0.341 e. The van der Waals surface area contributed by atoms with Crippen LogP contribution >= 0.6 is 0 Å². The van der Waals surface area contributed by atoms with E-state index in [-0.39, 0.29) is 40.2 Å². The minimum Gasteiger partial charge on any atom is -0.492 e. The smallest absolute Gasteiger partial charge is 0.341 e. The number of ether oxygens (including phenoxy) is 1. The van der Waals surface area contributed by atoms with Gasteiger partial charge in [0.2, 0.25) is 5.43 Å². The molecule has 14 nitrogen and oxygen atoms in total. The molecule has 1 saturated carbocycles. The maximum absolute atomic E-state index is 15.9. The number of pyridine rings is 1. The number of halogens is 2. The van der Waals surface area contributed by atoms with Crippen molar-refractivity contribution in [2.24, 2.45) is 10.7 Å². The number of aryl methyl sites for hydroxylation is 1. The van der Waals surface area contributed by atoms with Crippen LogP contribution in [0.1, 0.15) is 65.3 Å². The van der Waals surface area contributed by atoms with Crippen LogP contribution in [0.2, 0.25) is 0 Å². The number of nitrogens with two attached hydrogens (primary N) is 1. The van der Waals surface area contributed by atoms with Gasteiger partial charge in [0.1, 0.15) is 22.8 Å². The molecule has 16 heteroatoms. The molecule has 2 fully saturated rings. The van der Waals surface area contributed by atoms with Gasteiger partial charge in [-0.15, -0.1) is 5.10 Å². The topological polar surface area (TPSA) is 178 Å². The van der Waals surface area contributed by atoms with Gasteiger partial charge in [0.25, 0.3) is 0 Å². The van der Waals surface area contributed by atoms with E-state index in [2.05, 4.69) is 20.2 Å². The number of amides is 2. The zero-order valence-electron chi connectivity index (χ0n) is 27.3. The number of carboxylic acid groups (broad SMARTS) is 1. The van der Waals surface area contributed by atoms with Crippen molar-refractivity contribution in [3.63, 3.8) is 0 Å². The van der Waals surface area contributed by atoms with Gasteiger partial charge in [0.05, 0.1) is 29.6 Å². The molecule has 3 heterocycles. The van der Waals surface area contributed by atoms with E-state index in [0.29, 0.717) is 55.9 Å². The number of ketones is 1. The number of aromatic carboxylic acids is 1. The van der Waals surface area contributed by atoms with Gasteiger partial charge in [-0.25, -0.2) is 18.4 Å². The Labute approximate surface area is 283 Å². The molecule has 0 radical (unpaired) electrons. The SMILES string of the molecule is COc1c(N2CCN(Cc3cn(CCC4C(=O)/C(=N\C(N)=O)c5cc(F)ccc54)nn3)C(C)C2)c(F)cc2c(=O)c(C(=O)O)cn(C3CC3)c12. The van der Waals surface area contributed by atoms with Crippen molar-refractivity contribution in [3.05, 3.63) is 80.9 Å². The van der Waals surface area contributed by atoms with Crippen LogP contribution in [0.5, 0.6) is 5.75 Å². The highest BCUT2D eigenvalue weighted by molar-refractivity contribution is 6.52. The number of urea groups is 1. The van der Waals surface area contributed by atoms with E-state index in [1.807, 2.05) is 11.8 Å². The number of methoxy groups -OCH3 is 1. The predicted molar refractivity (Wildman–Crippen MR) is 177 cm³/mol. The minimum absolute atomic E-state index is 0.000199. The maximum atomic E-state index is 15.9. The quantitative estimate of drug-likeness (QED) is 0.265. The third-order valence-electron chi connectivity index (χ3n) is 9.67. The Morgan fingerprint density at radius 1 is 1.14 bits per heavy atom. The van der Waals surface area contributed by atoms with Crippen LogP contribution in [-0.2, 0) is 17.9 Å². The van der Waals surface area contributed by atoms with Crippen LogP contribution in [0.3, 0.4) is 0 Å². The van der Waals surface area contributed by atoms with Gasteiger partial charge >= 0.3 is 12.0 Å². The van der Waals surface area contributed by atoms with Crippen molar-refractivity contribution < 1.29 is 33.0 Å². The van der Waals surface area contributed by atoms with Crippen LogP contribution in [0.25, 0.3) is 10.9 Å². The first kappa shape index (κ1) is 33.0. The Hall–Kier alpha value is -5.51. The minimum atomic E-state index is -1.36. The average molecular weight is 689 g/mol. The van der Waals surface area contributed by atoms with Crippen molar-refractivity contribution >= 4 is 40.1 Å². The third kappa shape index (κ3) is 5.88. The Morgan fingerprint density at radius 3 is 2.60 bits per heavy atom. The predicted octanol–water partition coefficient (Wildman–Crippen LogP) is 3.25. The molecule has 3 aliphatic rings. The van der Waals surface area contributed by atoms with Gasteiger partial charge in [-0.05, 0) is 49.9 Å². The second kappa shape index (κ2) is 12.7. The second-order valence-corrected chi connectivity index (χ2v) is 12.9. The standard InChI is InChI=1S/C34H34F2N8O6/c1-17-13-42(29-26(36)12-24-28(32(29)50-2)44(20-4-5-20)16-25(30(24)45)33(47)48)10-9-41(17)14-19-15-43(40-39-19)8-7-22-21-6-3-18(35)11-23(21)27(31(22)46)38-34(37)49/h3,6,11-12,15-17,20,22H,4-5,7-10,13-14H2,1-2H3,(H2,37,49)(H,47,48)/b38-27-. The molecule has 2 aliphatic carbocycles. The summed E-state index contributed by atoms with van der Waals surface area (Å²) in [4.78, 5) is 57.1. The Bertz CT molecular complexity index is 2160. The molecule has 1 aliphatic heterocycles. The van der Waals surface area contributed by atoms with Gasteiger partial charge in [-0.1, -0.05) is 11.3 Å². The summed E-state index contributed by atoms with van der Waals surface area (Å²) in [6.45, 7) is 4.23. The second-order valence-electron chi connectivity index (χ2n) is 12.9. The molecule has 50 heavy (non-hydrogen) atoms. The number of aromatic nitrogens is 4. The van der Waals surface area contributed by atoms with E-state index in [1.165, 1.54) is 31.5 Å². The Kier molecular flexibility index (Phi) is 8.41. The molecule has 2 unspecified atom stereocenters. The number of Topliss-reactive ketones (excluding diaryl/α,β-unsaturated/α-hetero) is 1. The molecule has 4 aromatic rings. The van der Waals surface area contributed by atoms with E-state index in [9.17, 15) is 28.7 Å². The van der Waals surface area contributed by atoms with Crippen LogP contribution in [-0.4, -0.2) is 85.8 Å². The highest BCUT2D eigenvalue weighted by Gasteiger charge is 2.37. The van der Waals surface area contributed by atoms with E-state index >= 15 is 4.39 Å². The van der Waals surface area contributed by atoms with Gasteiger partial charge in [0, 0.05) is 62.8 Å². The lowest BCUT2D eigenvalue weighted by Crippen LogP contribution is -2.51. The van der Waals surface area contributed by atoms with Crippen LogP contribution in [0.4, 0.5) is 19.3 Å². The van der Waals surface area contributed by atoms with Crippen LogP contribution < -0.4 is 20.8 Å². The first-order chi connectivity index (χ1) is 23.9. The fraction of sp³-hybridized carbons (Fsp3) is 0.382. The number of hydrogen-bond acceptors (Lipinski definition) is 9. The fourth-order valence-corrected chi connectivity index (χ4v) is 7.14. The number of fused-ring (bicyclic) bond motifs is 2. The van der Waals surface area contributed by atoms with Gasteiger partial charge in [-0.3, -0.25) is 19.2 Å². The number of nitrogens with zero attached hydrogens (tertiary/aromatic N) is 7. The molecular formula is C34H34F2N8O6. The number of carbonyl (C=O) groups excluding carboxylic acids is 2. The first-order valence-corrected chi connectivity index (χ1v) is 16.2. The van der Waals surface area contributed by atoms with Crippen molar-refractivity contribution in [1.82, 2.24) is 24.5 Å². The summed E-state index contributed by atoms with van der Waals surface area (Å²) in [5.74, 6) is -3.43. The van der Waals surface area contributed by atoms with Gasteiger partial charge in [0.15, 0.2) is 17.3 Å². The lowest BCUT2D eigenvalue weighted by atomic mass is 9.97. The number of aliphatic imine (C=N–C) groups is 1. The third-order valence-corrected chi connectivity index (χ3v) is 9.67. The molecule has 1 saturated heterocycles. The van der Waals surface area contributed by atoms with Crippen molar-refractivity contribution in [1.29, 1.82) is 0 Å². The van der Waals surface area contributed by atoms with E-state index in [4.69, 9.17) is 10.5 Å². The Balaban J connectivity index is 1.05. The average Bonchev–Trinajstić information content (AvgIpc) is 3.77. The van der Waals surface area contributed by atoms with E-state index in [0.717, 1.165) is 18.9 Å². The molecular weight excluding hydrogens is 654 g/mol. The first-order valence-electron chi connectivity index (χ1n) is 16.2. The molecule has 2 atom stereocenters. The normalized spacial score (nSPS) is 20.1. The Morgan fingerprint density at radius 2 is 1.92 bits per heavy atom.